The molecule has 0 heterocycles. The van der Waals surface area contributed by atoms with E-state index in [1.807, 2.05) is 25.1 Å². The van der Waals surface area contributed by atoms with E-state index in [0.717, 1.165) is 11.3 Å². The van der Waals surface area contributed by atoms with Crippen molar-refractivity contribution >= 4 is 5.69 Å². The molecule has 1 heteroatoms. The Labute approximate surface area is 55.5 Å². The van der Waals surface area contributed by atoms with Crippen molar-refractivity contribution in [2.45, 2.75) is 6.92 Å². The molecule has 0 aliphatic carbocycles. The number of benzene rings is 1. The van der Waals surface area contributed by atoms with Crippen LogP contribution in [0.4, 0.5) is 5.69 Å². The van der Waals surface area contributed by atoms with Gasteiger partial charge < -0.3 is 5.73 Å². The van der Waals surface area contributed by atoms with Crippen molar-refractivity contribution < 1.29 is 0 Å². The lowest BCUT2D eigenvalue weighted by atomic mass is 10.1. The van der Waals surface area contributed by atoms with Crippen molar-refractivity contribution in [2.24, 2.45) is 0 Å². The van der Waals surface area contributed by atoms with E-state index >= 15 is 0 Å². The first-order valence-electron chi connectivity index (χ1n) is 2.88. The third-order valence-corrected chi connectivity index (χ3v) is 1.30. The summed E-state index contributed by atoms with van der Waals surface area (Å²) >= 11 is 0. The second-order valence-electron chi connectivity index (χ2n) is 2.20. The minimum absolute atomic E-state index is 0.764. The minimum Gasteiger partial charge on any atom is -0.399 e. The summed E-state index contributed by atoms with van der Waals surface area (Å²) < 4.78 is 0. The van der Waals surface area contributed by atoms with Gasteiger partial charge in [0.05, 0.1) is 0 Å². The lowest BCUT2D eigenvalue weighted by Gasteiger charge is -1.98. The van der Waals surface area contributed by atoms with Crippen LogP contribution in [0.2, 0.25) is 0 Å². The number of rotatable bonds is 0. The lowest BCUT2D eigenvalue weighted by Crippen LogP contribution is -1.88. The van der Waals surface area contributed by atoms with Crippen LogP contribution in [0.5, 0.6) is 0 Å². The van der Waals surface area contributed by atoms with Gasteiger partial charge in [-0.15, -0.1) is 0 Å². The van der Waals surface area contributed by atoms with Crippen LogP contribution in [-0.2, 0) is 0 Å². The molecule has 1 nitrogen and oxygen atoms in total. The SMILES string of the molecule is [CH2]c1cc(C)ccc1N. The minimum atomic E-state index is 0.764. The Bertz CT molecular complexity index is 216. The molecule has 0 unspecified atom stereocenters. The molecule has 0 fully saturated rings. The van der Waals surface area contributed by atoms with Gasteiger partial charge in [0.2, 0.25) is 0 Å². The smallest absolute Gasteiger partial charge is 0.0346 e. The van der Waals surface area contributed by atoms with Gasteiger partial charge in [0.1, 0.15) is 0 Å². The molecule has 1 rings (SSSR count). The van der Waals surface area contributed by atoms with Crippen LogP contribution in [0.25, 0.3) is 0 Å². The summed E-state index contributed by atoms with van der Waals surface area (Å²) in [7, 11) is 0. The molecule has 0 amide bonds. The number of hydrogen-bond donors (Lipinski definition) is 1. The second kappa shape index (κ2) is 2.09. The number of aryl methyl sites for hydroxylation is 1. The first-order chi connectivity index (χ1) is 4.20. The van der Waals surface area contributed by atoms with Gasteiger partial charge in [-0.05, 0) is 25.5 Å². The summed E-state index contributed by atoms with van der Waals surface area (Å²) in [4.78, 5) is 0. The Morgan fingerprint density at radius 3 is 2.56 bits per heavy atom. The second-order valence-corrected chi connectivity index (χ2v) is 2.20. The highest BCUT2D eigenvalue weighted by atomic mass is 14.5. The molecule has 0 saturated carbocycles. The molecule has 0 aromatic heterocycles. The Hall–Kier alpha value is -0.980. The highest BCUT2D eigenvalue weighted by molar-refractivity contribution is 5.49. The Morgan fingerprint density at radius 2 is 2.11 bits per heavy atom. The lowest BCUT2D eigenvalue weighted by molar-refractivity contribution is 1.44. The number of nitrogen functional groups attached to an aromatic ring is 1. The maximum atomic E-state index is 5.53. The Morgan fingerprint density at radius 1 is 1.44 bits per heavy atom. The van der Waals surface area contributed by atoms with E-state index in [-0.39, 0.29) is 0 Å². The van der Waals surface area contributed by atoms with E-state index in [1.165, 1.54) is 5.56 Å². The zero-order valence-electron chi connectivity index (χ0n) is 5.52. The van der Waals surface area contributed by atoms with Crippen molar-refractivity contribution in [1.29, 1.82) is 0 Å². The summed E-state index contributed by atoms with van der Waals surface area (Å²) in [6, 6.07) is 5.82. The molecule has 0 saturated heterocycles. The summed E-state index contributed by atoms with van der Waals surface area (Å²) in [6.45, 7) is 5.78. The average molecular weight is 120 g/mol. The van der Waals surface area contributed by atoms with Gasteiger partial charge in [0, 0.05) is 5.69 Å². The maximum absolute atomic E-state index is 5.53. The van der Waals surface area contributed by atoms with Crippen LogP contribution < -0.4 is 5.73 Å². The molecule has 0 aliphatic heterocycles. The predicted molar refractivity (Wildman–Crippen MR) is 40.1 cm³/mol. The first kappa shape index (κ1) is 6.14. The first-order valence-corrected chi connectivity index (χ1v) is 2.88. The fourth-order valence-corrected chi connectivity index (χ4v) is 0.735. The third-order valence-electron chi connectivity index (χ3n) is 1.30. The third kappa shape index (κ3) is 1.22. The van der Waals surface area contributed by atoms with E-state index in [2.05, 4.69) is 6.92 Å². The van der Waals surface area contributed by atoms with Gasteiger partial charge in [-0.3, -0.25) is 0 Å². The molecule has 1 aromatic carbocycles. The molecular weight excluding hydrogens is 110 g/mol. The van der Waals surface area contributed by atoms with Crippen LogP contribution in [0.3, 0.4) is 0 Å². The topological polar surface area (TPSA) is 26.0 Å². The van der Waals surface area contributed by atoms with Gasteiger partial charge in [-0.1, -0.05) is 17.7 Å². The van der Waals surface area contributed by atoms with Crippen molar-refractivity contribution in [2.75, 3.05) is 5.73 Å². The number of anilines is 1. The van der Waals surface area contributed by atoms with Gasteiger partial charge in [0.15, 0.2) is 0 Å². The normalized spacial score (nSPS) is 9.56. The van der Waals surface area contributed by atoms with Gasteiger partial charge >= 0.3 is 0 Å². The molecule has 0 spiro atoms. The fourth-order valence-electron chi connectivity index (χ4n) is 0.735. The molecule has 0 aliphatic rings. The van der Waals surface area contributed by atoms with E-state index in [0.29, 0.717) is 0 Å². The van der Waals surface area contributed by atoms with Crippen LogP contribution in [0.15, 0.2) is 18.2 Å². The molecule has 1 radical (unpaired) electrons. The zero-order chi connectivity index (χ0) is 6.85. The number of hydrogen-bond acceptors (Lipinski definition) is 1. The average Bonchev–Trinajstić information content (AvgIpc) is 1.80. The van der Waals surface area contributed by atoms with Gasteiger partial charge in [-0.2, -0.15) is 0 Å². The monoisotopic (exact) mass is 120 g/mol. The van der Waals surface area contributed by atoms with Crippen molar-refractivity contribution in [3.05, 3.63) is 36.2 Å². The highest BCUT2D eigenvalue weighted by Crippen LogP contribution is 2.10. The van der Waals surface area contributed by atoms with Crippen molar-refractivity contribution in [1.82, 2.24) is 0 Å². The molecule has 9 heavy (non-hydrogen) atoms. The summed E-state index contributed by atoms with van der Waals surface area (Å²) in [6.07, 6.45) is 0. The van der Waals surface area contributed by atoms with Gasteiger partial charge in [-0.25, -0.2) is 0 Å². The number of nitrogens with two attached hydrogens (primary N) is 1. The fraction of sp³-hybridized carbons (Fsp3) is 0.125. The molecule has 47 valence electrons. The predicted octanol–water partition coefficient (Wildman–Crippen LogP) is 1.76. The molecule has 0 bridgehead atoms. The highest BCUT2D eigenvalue weighted by Gasteiger charge is 1.89. The Balaban J connectivity index is 3.17. The van der Waals surface area contributed by atoms with Crippen LogP contribution >= 0.6 is 0 Å². The zero-order valence-corrected chi connectivity index (χ0v) is 5.52. The van der Waals surface area contributed by atoms with Crippen molar-refractivity contribution in [3.8, 4) is 0 Å². The summed E-state index contributed by atoms with van der Waals surface area (Å²) in [5.41, 5.74) is 8.41. The summed E-state index contributed by atoms with van der Waals surface area (Å²) in [5, 5.41) is 0. The standard InChI is InChI=1S/C8H10N/c1-6-3-4-8(9)7(2)5-6/h3-5H,2,9H2,1H3. The van der Waals surface area contributed by atoms with Crippen LogP contribution in [-0.4, -0.2) is 0 Å². The molecule has 2 N–H and O–H groups in total. The van der Waals surface area contributed by atoms with Crippen LogP contribution in [0.1, 0.15) is 11.1 Å². The summed E-state index contributed by atoms with van der Waals surface area (Å²) in [5.74, 6) is 0. The van der Waals surface area contributed by atoms with Crippen LogP contribution in [0, 0.1) is 13.8 Å². The van der Waals surface area contributed by atoms with E-state index < -0.39 is 0 Å². The molecule has 0 atom stereocenters. The molecular formula is C8H10N. The van der Waals surface area contributed by atoms with E-state index in [4.69, 9.17) is 5.73 Å². The molecule has 1 aromatic rings. The van der Waals surface area contributed by atoms with E-state index in [1.54, 1.807) is 0 Å². The largest absolute Gasteiger partial charge is 0.399 e. The quantitative estimate of drug-likeness (QED) is 0.519. The maximum Gasteiger partial charge on any atom is 0.0346 e. The van der Waals surface area contributed by atoms with E-state index in [9.17, 15) is 0 Å². The Kier molecular flexibility index (Phi) is 1.43. The van der Waals surface area contributed by atoms with Gasteiger partial charge in [0.25, 0.3) is 0 Å². The van der Waals surface area contributed by atoms with Crippen molar-refractivity contribution in [3.63, 3.8) is 0 Å².